The molecule has 15 heavy (non-hydrogen) atoms. The van der Waals surface area contributed by atoms with Crippen LogP contribution in [0.4, 0.5) is 0 Å². The summed E-state index contributed by atoms with van der Waals surface area (Å²) in [5, 5.41) is 3.17. The maximum absolute atomic E-state index is 5.42. The van der Waals surface area contributed by atoms with Gasteiger partial charge in [-0.25, -0.2) is 0 Å². The van der Waals surface area contributed by atoms with Gasteiger partial charge in [0.05, 0.1) is 0 Å². The van der Waals surface area contributed by atoms with Crippen LogP contribution in [-0.2, 0) is 5.41 Å². The second-order valence-electron chi connectivity index (χ2n) is 4.42. The van der Waals surface area contributed by atoms with Gasteiger partial charge in [0, 0.05) is 7.05 Å². The van der Waals surface area contributed by atoms with Gasteiger partial charge in [0.1, 0.15) is 5.75 Å². The third-order valence-electron chi connectivity index (χ3n) is 2.11. The summed E-state index contributed by atoms with van der Waals surface area (Å²) in [6, 6.07) is 7.99. The highest BCUT2D eigenvalue weighted by Crippen LogP contribution is 2.25. The fraction of sp³-hybridized carbons (Fsp3) is 0.417. The summed E-state index contributed by atoms with van der Waals surface area (Å²) < 4.78 is 5.42. The highest BCUT2D eigenvalue weighted by Gasteiger charge is 2.14. The summed E-state index contributed by atoms with van der Waals surface area (Å²) in [5.74, 6) is 0.779. The summed E-state index contributed by atoms with van der Waals surface area (Å²) in [6.45, 7) is 6.51. The van der Waals surface area contributed by atoms with Crippen molar-refractivity contribution >= 4 is 17.4 Å². The molecule has 0 saturated heterocycles. The molecule has 1 rings (SSSR count). The molecule has 0 saturated carbocycles. The van der Waals surface area contributed by atoms with E-state index in [1.807, 2.05) is 18.2 Å². The molecule has 1 aromatic carbocycles. The van der Waals surface area contributed by atoms with Crippen molar-refractivity contribution in [3.63, 3.8) is 0 Å². The lowest BCUT2D eigenvalue weighted by Crippen LogP contribution is -2.22. The van der Waals surface area contributed by atoms with Crippen molar-refractivity contribution in [3.05, 3.63) is 29.8 Å². The normalized spacial score (nSPS) is 10.9. The topological polar surface area (TPSA) is 21.3 Å². The molecule has 0 fully saturated rings. The Bertz CT molecular complexity index is 355. The molecule has 0 radical (unpaired) electrons. The Balaban J connectivity index is 2.88. The van der Waals surface area contributed by atoms with Crippen LogP contribution in [0.1, 0.15) is 26.3 Å². The molecule has 82 valence electrons. The van der Waals surface area contributed by atoms with Crippen molar-refractivity contribution < 1.29 is 4.74 Å². The molecular weight excluding hydrogens is 206 g/mol. The van der Waals surface area contributed by atoms with Gasteiger partial charge in [-0.3, -0.25) is 0 Å². The Labute approximate surface area is 96.6 Å². The van der Waals surface area contributed by atoms with Crippen LogP contribution in [0.25, 0.3) is 0 Å². The van der Waals surface area contributed by atoms with E-state index in [0.717, 1.165) is 5.75 Å². The lowest BCUT2D eigenvalue weighted by Gasteiger charge is -2.19. The van der Waals surface area contributed by atoms with E-state index in [1.165, 1.54) is 5.56 Å². The van der Waals surface area contributed by atoms with E-state index < -0.39 is 0 Å². The average Bonchev–Trinajstić information content (AvgIpc) is 2.17. The predicted octanol–water partition coefficient (Wildman–Crippen LogP) is 2.87. The van der Waals surface area contributed by atoms with Gasteiger partial charge in [-0.05, 0) is 35.3 Å². The monoisotopic (exact) mass is 223 g/mol. The zero-order valence-corrected chi connectivity index (χ0v) is 10.4. The third kappa shape index (κ3) is 3.51. The van der Waals surface area contributed by atoms with Crippen molar-refractivity contribution in [1.82, 2.24) is 5.32 Å². The van der Waals surface area contributed by atoms with Crippen molar-refractivity contribution in [1.29, 1.82) is 0 Å². The predicted molar refractivity (Wildman–Crippen MR) is 67.4 cm³/mol. The molecule has 1 N–H and O–H groups in total. The summed E-state index contributed by atoms with van der Waals surface area (Å²) in [5.41, 5.74) is 1.36. The lowest BCUT2D eigenvalue weighted by atomic mass is 9.87. The molecule has 2 nitrogen and oxygen atoms in total. The number of hydrogen-bond donors (Lipinski definition) is 1. The van der Waals surface area contributed by atoms with E-state index in [9.17, 15) is 0 Å². The quantitative estimate of drug-likeness (QED) is 0.740. The van der Waals surface area contributed by atoms with E-state index >= 15 is 0 Å². The Morgan fingerprint density at radius 3 is 2.53 bits per heavy atom. The molecule has 3 heteroatoms. The first kappa shape index (κ1) is 12.0. The van der Waals surface area contributed by atoms with Gasteiger partial charge < -0.3 is 10.1 Å². The zero-order chi connectivity index (χ0) is 11.5. The second kappa shape index (κ2) is 4.62. The van der Waals surface area contributed by atoms with Crippen LogP contribution in [0.15, 0.2) is 24.3 Å². The SMILES string of the molecule is CNC(=S)Oc1cccc(C(C)(C)C)c1. The smallest absolute Gasteiger partial charge is 0.261 e. The van der Waals surface area contributed by atoms with Crippen LogP contribution in [0, 0.1) is 0 Å². The standard InChI is InChI=1S/C12H17NOS/c1-12(2,3)9-6-5-7-10(8-9)14-11(15)13-4/h5-8H,1-4H3,(H,13,15). The van der Waals surface area contributed by atoms with E-state index in [4.69, 9.17) is 17.0 Å². The molecule has 0 aliphatic carbocycles. The van der Waals surface area contributed by atoms with Crippen molar-refractivity contribution in [3.8, 4) is 5.75 Å². The van der Waals surface area contributed by atoms with Crippen LogP contribution >= 0.6 is 12.2 Å². The summed E-state index contributed by atoms with van der Waals surface area (Å²) in [4.78, 5) is 0. The minimum Gasteiger partial charge on any atom is -0.432 e. The number of thiocarbonyl (C=S) groups is 1. The maximum Gasteiger partial charge on any atom is 0.261 e. The van der Waals surface area contributed by atoms with Gasteiger partial charge >= 0.3 is 0 Å². The molecule has 0 aliphatic heterocycles. The third-order valence-corrected chi connectivity index (χ3v) is 2.40. The van der Waals surface area contributed by atoms with Gasteiger partial charge in [-0.2, -0.15) is 0 Å². The number of ether oxygens (including phenoxy) is 1. The number of nitrogens with one attached hydrogen (secondary N) is 1. The Morgan fingerprint density at radius 1 is 1.33 bits per heavy atom. The van der Waals surface area contributed by atoms with E-state index in [2.05, 4.69) is 32.2 Å². The molecule has 0 aromatic heterocycles. The first-order chi connectivity index (χ1) is 6.93. The Hall–Kier alpha value is -1.09. The summed E-state index contributed by atoms with van der Waals surface area (Å²) in [7, 11) is 1.75. The number of hydrogen-bond acceptors (Lipinski definition) is 2. The first-order valence-corrected chi connectivity index (χ1v) is 5.34. The number of rotatable bonds is 1. The molecule has 0 atom stereocenters. The minimum atomic E-state index is 0.126. The number of benzene rings is 1. The molecule has 0 unspecified atom stereocenters. The van der Waals surface area contributed by atoms with Crippen LogP contribution in [0.5, 0.6) is 5.75 Å². The van der Waals surface area contributed by atoms with Gasteiger partial charge in [0.15, 0.2) is 0 Å². The molecule has 1 aromatic rings. The lowest BCUT2D eigenvalue weighted by molar-refractivity contribution is 0.532. The molecule has 0 aliphatic rings. The second-order valence-corrected chi connectivity index (χ2v) is 4.79. The Morgan fingerprint density at radius 2 is 2.00 bits per heavy atom. The largest absolute Gasteiger partial charge is 0.432 e. The molecule has 0 heterocycles. The van der Waals surface area contributed by atoms with Gasteiger partial charge in [0.25, 0.3) is 5.17 Å². The highest BCUT2D eigenvalue weighted by molar-refractivity contribution is 7.80. The minimum absolute atomic E-state index is 0.126. The van der Waals surface area contributed by atoms with Crippen LogP contribution in [0.3, 0.4) is 0 Å². The summed E-state index contributed by atoms with van der Waals surface area (Å²) >= 11 is 4.94. The van der Waals surface area contributed by atoms with Crippen LogP contribution in [-0.4, -0.2) is 12.2 Å². The van der Waals surface area contributed by atoms with Crippen molar-refractivity contribution in [2.45, 2.75) is 26.2 Å². The fourth-order valence-corrected chi connectivity index (χ4v) is 1.28. The van der Waals surface area contributed by atoms with Gasteiger partial charge in [-0.15, -0.1) is 0 Å². The van der Waals surface area contributed by atoms with E-state index in [1.54, 1.807) is 7.05 Å². The first-order valence-electron chi connectivity index (χ1n) is 4.93. The van der Waals surface area contributed by atoms with Crippen LogP contribution < -0.4 is 10.1 Å². The Kier molecular flexibility index (Phi) is 3.69. The van der Waals surface area contributed by atoms with Gasteiger partial charge in [0.2, 0.25) is 0 Å². The van der Waals surface area contributed by atoms with Gasteiger partial charge in [-0.1, -0.05) is 32.9 Å². The van der Waals surface area contributed by atoms with Crippen molar-refractivity contribution in [2.24, 2.45) is 0 Å². The molecule has 0 spiro atoms. The van der Waals surface area contributed by atoms with E-state index in [-0.39, 0.29) is 5.41 Å². The van der Waals surface area contributed by atoms with Crippen LogP contribution in [0.2, 0.25) is 0 Å². The van der Waals surface area contributed by atoms with E-state index in [0.29, 0.717) is 5.17 Å². The molecular formula is C12H17NOS. The van der Waals surface area contributed by atoms with Crippen molar-refractivity contribution in [2.75, 3.05) is 7.05 Å². The molecule has 0 bridgehead atoms. The maximum atomic E-state index is 5.42. The fourth-order valence-electron chi connectivity index (χ4n) is 1.18. The molecule has 0 amide bonds. The highest BCUT2D eigenvalue weighted by atomic mass is 32.1. The average molecular weight is 223 g/mol. The zero-order valence-electron chi connectivity index (χ0n) is 9.63. The summed E-state index contributed by atoms with van der Waals surface area (Å²) in [6.07, 6.45) is 0.